The van der Waals surface area contributed by atoms with E-state index in [4.69, 9.17) is 17.0 Å². The van der Waals surface area contributed by atoms with Crippen LogP contribution in [0.5, 0.6) is 0 Å². The fraction of sp³-hybridized carbons (Fsp3) is 0.438. The van der Waals surface area contributed by atoms with Crippen molar-refractivity contribution in [1.29, 1.82) is 0 Å². The standard InChI is InChI=1S/C16H21N3OS/c1-2-18-8-9-20-14(11-18)12-19-15(10-17-16(19)21)13-6-4-3-5-7-13/h3-7,10,14H,2,8-9,11-12H2,1H3,(H,17,21). The van der Waals surface area contributed by atoms with Crippen LogP contribution in [0.4, 0.5) is 0 Å². The van der Waals surface area contributed by atoms with Crippen molar-refractivity contribution in [3.63, 3.8) is 0 Å². The third-order valence-corrected chi connectivity index (χ3v) is 4.33. The van der Waals surface area contributed by atoms with Crippen molar-refractivity contribution < 1.29 is 4.74 Å². The van der Waals surface area contributed by atoms with Crippen LogP contribution in [0.15, 0.2) is 36.5 Å². The van der Waals surface area contributed by atoms with Crippen LogP contribution >= 0.6 is 12.2 Å². The zero-order chi connectivity index (χ0) is 14.7. The Balaban J connectivity index is 1.83. The van der Waals surface area contributed by atoms with Gasteiger partial charge in [0.25, 0.3) is 0 Å². The fourth-order valence-corrected chi connectivity index (χ4v) is 3.04. The smallest absolute Gasteiger partial charge is 0.177 e. The number of hydrogen-bond donors (Lipinski definition) is 1. The van der Waals surface area contributed by atoms with Crippen LogP contribution in [0.3, 0.4) is 0 Å². The number of rotatable bonds is 4. The number of nitrogens with one attached hydrogen (secondary N) is 1. The summed E-state index contributed by atoms with van der Waals surface area (Å²) in [4.78, 5) is 5.58. The minimum atomic E-state index is 0.198. The molecule has 1 aliphatic heterocycles. The van der Waals surface area contributed by atoms with Crippen molar-refractivity contribution in [3.8, 4) is 11.3 Å². The van der Waals surface area contributed by atoms with Crippen molar-refractivity contribution in [2.75, 3.05) is 26.2 Å². The van der Waals surface area contributed by atoms with Crippen LogP contribution in [-0.2, 0) is 11.3 Å². The van der Waals surface area contributed by atoms with E-state index in [1.165, 1.54) is 5.56 Å². The van der Waals surface area contributed by atoms with E-state index in [-0.39, 0.29) is 6.10 Å². The molecule has 0 spiro atoms. The summed E-state index contributed by atoms with van der Waals surface area (Å²) < 4.78 is 8.81. The molecule has 2 aromatic rings. The molecule has 3 rings (SSSR count). The van der Waals surface area contributed by atoms with E-state index in [1.54, 1.807) is 0 Å². The number of benzene rings is 1. The highest BCUT2D eigenvalue weighted by atomic mass is 32.1. The number of likely N-dealkylation sites (N-methyl/N-ethyl adjacent to an activating group) is 1. The number of nitrogens with zero attached hydrogens (tertiary/aromatic N) is 2. The van der Waals surface area contributed by atoms with E-state index < -0.39 is 0 Å². The van der Waals surface area contributed by atoms with Crippen molar-refractivity contribution >= 4 is 12.2 Å². The number of aromatic nitrogens is 2. The zero-order valence-corrected chi connectivity index (χ0v) is 13.1. The van der Waals surface area contributed by atoms with E-state index in [2.05, 4.69) is 33.5 Å². The molecule has 1 aromatic carbocycles. The number of aromatic amines is 1. The van der Waals surface area contributed by atoms with Gasteiger partial charge in [-0.3, -0.25) is 4.90 Å². The van der Waals surface area contributed by atoms with Gasteiger partial charge >= 0.3 is 0 Å². The number of imidazole rings is 1. The highest BCUT2D eigenvalue weighted by Crippen LogP contribution is 2.20. The van der Waals surface area contributed by atoms with Gasteiger partial charge in [-0.25, -0.2) is 0 Å². The summed E-state index contributed by atoms with van der Waals surface area (Å²) in [6, 6.07) is 10.3. The summed E-state index contributed by atoms with van der Waals surface area (Å²) in [6.45, 7) is 6.86. The van der Waals surface area contributed by atoms with Gasteiger partial charge in [-0.15, -0.1) is 0 Å². The molecule has 5 heteroatoms. The molecule has 0 amide bonds. The predicted molar refractivity (Wildman–Crippen MR) is 86.9 cm³/mol. The fourth-order valence-electron chi connectivity index (χ4n) is 2.81. The molecular formula is C16H21N3OS. The molecule has 1 aromatic heterocycles. The van der Waals surface area contributed by atoms with E-state index in [9.17, 15) is 0 Å². The first-order valence-corrected chi connectivity index (χ1v) is 7.86. The van der Waals surface area contributed by atoms with Crippen molar-refractivity contribution in [2.24, 2.45) is 0 Å². The second-order valence-corrected chi connectivity index (χ2v) is 5.73. The van der Waals surface area contributed by atoms with Crippen molar-refractivity contribution in [1.82, 2.24) is 14.5 Å². The largest absolute Gasteiger partial charge is 0.374 e. The van der Waals surface area contributed by atoms with E-state index >= 15 is 0 Å². The molecule has 1 atom stereocenters. The minimum absolute atomic E-state index is 0.198. The van der Waals surface area contributed by atoms with Crippen LogP contribution in [0.1, 0.15) is 6.92 Å². The summed E-state index contributed by atoms with van der Waals surface area (Å²) in [7, 11) is 0. The Hall–Kier alpha value is -1.43. The highest BCUT2D eigenvalue weighted by Gasteiger charge is 2.21. The molecule has 112 valence electrons. The Labute approximate surface area is 130 Å². The summed E-state index contributed by atoms with van der Waals surface area (Å²) >= 11 is 5.44. The average molecular weight is 303 g/mol. The Kier molecular flexibility index (Phi) is 4.53. The lowest BCUT2D eigenvalue weighted by Gasteiger charge is -2.32. The Bertz CT molecular complexity index is 634. The zero-order valence-electron chi connectivity index (χ0n) is 12.3. The maximum absolute atomic E-state index is 5.91. The molecule has 1 N–H and O–H groups in total. The second kappa shape index (κ2) is 6.56. The summed E-state index contributed by atoms with van der Waals surface area (Å²) in [5.74, 6) is 0. The average Bonchev–Trinajstić information content (AvgIpc) is 2.89. The van der Waals surface area contributed by atoms with Crippen LogP contribution in [0, 0.1) is 4.77 Å². The van der Waals surface area contributed by atoms with Crippen LogP contribution < -0.4 is 0 Å². The van der Waals surface area contributed by atoms with Crippen LogP contribution in [0.25, 0.3) is 11.3 Å². The monoisotopic (exact) mass is 303 g/mol. The molecule has 0 saturated carbocycles. The highest BCUT2D eigenvalue weighted by molar-refractivity contribution is 7.71. The Morgan fingerprint density at radius 2 is 2.14 bits per heavy atom. The Morgan fingerprint density at radius 3 is 2.90 bits per heavy atom. The lowest BCUT2D eigenvalue weighted by Crippen LogP contribution is -2.44. The SMILES string of the molecule is CCN1CCOC(Cn2c(-c3ccccc3)c[nH]c2=S)C1. The lowest BCUT2D eigenvalue weighted by atomic mass is 10.1. The molecule has 0 aliphatic carbocycles. The molecule has 0 bridgehead atoms. The molecular weight excluding hydrogens is 282 g/mol. The maximum atomic E-state index is 5.91. The lowest BCUT2D eigenvalue weighted by molar-refractivity contribution is -0.0342. The third-order valence-electron chi connectivity index (χ3n) is 3.99. The van der Waals surface area contributed by atoms with Gasteiger partial charge in [0, 0.05) is 19.3 Å². The first kappa shape index (κ1) is 14.5. The first-order chi connectivity index (χ1) is 10.3. The first-order valence-electron chi connectivity index (χ1n) is 7.45. The predicted octanol–water partition coefficient (Wildman–Crippen LogP) is 2.93. The number of morpholine rings is 1. The van der Waals surface area contributed by atoms with E-state index in [0.717, 1.165) is 43.3 Å². The van der Waals surface area contributed by atoms with Crippen LogP contribution in [0.2, 0.25) is 0 Å². The maximum Gasteiger partial charge on any atom is 0.177 e. The molecule has 1 unspecified atom stereocenters. The van der Waals surface area contributed by atoms with Gasteiger partial charge in [-0.05, 0) is 24.3 Å². The number of H-pyrrole nitrogens is 1. The minimum Gasteiger partial charge on any atom is -0.374 e. The molecule has 1 aliphatic rings. The summed E-state index contributed by atoms with van der Waals surface area (Å²) in [5.41, 5.74) is 2.30. The van der Waals surface area contributed by atoms with Crippen molar-refractivity contribution in [3.05, 3.63) is 41.3 Å². The number of ether oxygens (including phenoxy) is 1. The van der Waals surface area contributed by atoms with Gasteiger partial charge in [0.15, 0.2) is 4.77 Å². The molecule has 2 heterocycles. The molecule has 0 radical (unpaired) electrons. The summed E-state index contributed by atoms with van der Waals surface area (Å²) in [5, 5.41) is 0. The quantitative estimate of drug-likeness (QED) is 0.882. The van der Waals surface area contributed by atoms with E-state index in [0.29, 0.717) is 0 Å². The molecule has 1 saturated heterocycles. The topological polar surface area (TPSA) is 33.2 Å². The van der Waals surface area contributed by atoms with Gasteiger partial charge in [0.1, 0.15) is 0 Å². The van der Waals surface area contributed by atoms with Gasteiger partial charge in [0.05, 0.1) is 24.9 Å². The van der Waals surface area contributed by atoms with Gasteiger partial charge < -0.3 is 14.3 Å². The van der Waals surface area contributed by atoms with E-state index in [1.807, 2.05) is 24.4 Å². The molecule has 21 heavy (non-hydrogen) atoms. The number of hydrogen-bond acceptors (Lipinski definition) is 3. The van der Waals surface area contributed by atoms with Gasteiger partial charge in [-0.2, -0.15) is 0 Å². The Morgan fingerprint density at radius 1 is 1.33 bits per heavy atom. The second-order valence-electron chi connectivity index (χ2n) is 5.34. The molecule has 4 nitrogen and oxygen atoms in total. The summed E-state index contributed by atoms with van der Waals surface area (Å²) in [6.07, 6.45) is 2.18. The van der Waals surface area contributed by atoms with Crippen LogP contribution in [-0.4, -0.2) is 46.8 Å². The van der Waals surface area contributed by atoms with Crippen molar-refractivity contribution in [2.45, 2.75) is 19.6 Å². The molecule has 1 fully saturated rings. The third kappa shape index (κ3) is 3.26. The van der Waals surface area contributed by atoms with Gasteiger partial charge in [0.2, 0.25) is 0 Å². The normalized spacial score (nSPS) is 19.8. The van der Waals surface area contributed by atoms with Gasteiger partial charge in [-0.1, -0.05) is 37.3 Å².